The molecule has 1 aromatic rings. The maximum absolute atomic E-state index is 11.6. The van der Waals surface area contributed by atoms with Crippen molar-refractivity contribution in [2.24, 2.45) is 12.8 Å². The molecular weight excluding hydrogens is 196 g/mol. The maximum atomic E-state index is 11.6. The first-order valence-electron chi connectivity index (χ1n) is 4.62. The van der Waals surface area contributed by atoms with E-state index in [0.29, 0.717) is 5.69 Å². The van der Waals surface area contributed by atoms with Crippen molar-refractivity contribution < 1.29 is 9.53 Å². The van der Waals surface area contributed by atoms with Crippen LogP contribution < -0.4 is 11.1 Å². The lowest BCUT2D eigenvalue weighted by Crippen LogP contribution is -2.35. The average molecular weight is 212 g/mol. The van der Waals surface area contributed by atoms with Crippen LogP contribution in [-0.4, -0.2) is 35.4 Å². The summed E-state index contributed by atoms with van der Waals surface area (Å²) in [6, 6.07) is 0. The number of nitrogens with zero attached hydrogens (tertiary/aromatic N) is 2. The van der Waals surface area contributed by atoms with Crippen LogP contribution in [-0.2, 0) is 16.6 Å². The molecule has 0 saturated carbocycles. The molecule has 0 bridgehead atoms. The van der Waals surface area contributed by atoms with Gasteiger partial charge in [-0.05, 0) is 6.92 Å². The van der Waals surface area contributed by atoms with E-state index in [0.717, 1.165) is 5.69 Å². The summed E-state index contributed by atoms with van der Waals surface area (Å²) in [5.74, 6) is -0.254. The monoisotopic (exact) mass is 212 g/mol. The summed E-state index contributed by atoms with van der Waals surface area (Å²) in [6.45, 7) is 1.97. The van der Waals surface area contributed by atoms with Crippen LogP contribution in [0, 0.1) is 6.92 Å². The number of amides is 1. The maximum Gasteiger partial charge on any atom is 0.254 e. The summed E-state index contributed by atoms with van der Waals surface area (Å²) in [5.41, 5.74) is 6.81. The third kappa shape index (κ3) is 2.77. The van der Waals surface area contributed by atoms with Crippen molar-refractivity contribution >= 4 is 11.6 Å². The number of hydrogen-bond acceptors (Lipinski definition) is 4. The van der Waals surface area contributed by atoms with Gasteiger partial charge in [0, 0.05) is 26.9 Å². The smallest absolute Gasteiger partial charge is 0.254 e. The Morgan fingerprint density at radius 1 is 1.80 bits per heavy atom. The van der Waals surface area contributed by atoms with E-state index in [1.807, 2.05) is 6.92 Å². The minimum absolute atomic E-state index is 0.154. The molecule has 0 aliphatic heterocycles. The Bertz CT molecular complexity index is 344. The quantitative estimate of drug-likeness (QED) is 0.714. The van der Waals surface area contributed by atoms with E-state index in [-0.39, 0.29) is 12.5 Å². The van der Waals surface area contributed by atoms with Gasteiger partial charge in [-0.1, -0.05) is 0 Å². The van der Waals surface area contributed by atoms with Crippen LogP contribution in [0.2, 0.25) is 0 Å². The molecular formula is C9H16N4O2. The van der Waals surface area contributed by atoms with Crippen molar-refractivity contribution in [3.63, 3.8) is 0 Å². The van der Waals surface area contributed by atoms with E-state index in [9.17, 15) is 4.79 Å². The average Bonchev–Trinajstić information content (AvgIpc) is 2.47. The van der Waals surface area contributed by atoms with E-state index in [1.54, 1.807) is 17.9 Å². The first-order valence-corrected chi connectivity index (χ1v) is 4.62. The molecule has 0 saturated heterocycles. The summed E-state index contributed by atoms with van der Waals surface area (Å²) < 4.78 is 6.55. The normalized spacial score (nSPS) is 12.5. The zero-order chi connectivity index (χ0) is 11.4. The summed E-state index contributed by atoms with van der Waals surface area (Å²) >= 11 is 0. The highest BCUT2D eigenvalue weighted by atomic mass is 16.5. The van der Waals surface area contributed by atoms with Crippen molar-refractivity contribution in [1.29, 1.82) is 0 Å². The van der Waals surface area contributed by atoms with Crippen LogP contribution in [0.4, 0.5) is 5.69 Å². The minimum atomic E-state index is -0.621. The third-order valence-electron chi connectivity index (χ3n) is 2.06. The van der Waals surface area contributed by atoms with Gasteiger partial charge in [-0.25, -0.2) is 0 Å². The van der Waals surface area contributed by atoms with Gasteiger partial charge in [-0.3, -0.25) is 9.48 Å². The Morgan fingerprint density at radius 3 is 2.87 bits per heavy atom. The molecule has 6 nitrogen and oxygen atoms in total. The van der Waals surface area contributed by atoms with Crippen molar-refractivity contribution in [3.05, 3.63) is 11.9 Å². The van der Waals surface area contributed by atoms with E-state index < -0.39 is 6.10 Å². The fourth-order valence-corrected chi connectivity index (χ4v) is 1.25. The molecule has 0 aliphatic rings. The molecule has 0 spiro atoms. The molecule has 84 valence electrons. The molecule has 6 heteroatoms. The minimum Gasteiger partial charge on any atom is -0.370 e. The molecule has 15 heavy (non-hydrogen) atoms. The predicted octanol–water partition coefficient (Wildman–Crippen LogP) is -0.359. The Morgan fingerprint density at radius 2 is 2.47 bits per heavy atom. The van der Waals surface area contributed by atoms with Gasteiger partial charge in [0.25, 0.3) is 5.91 Å². The molecule has 0 aromatic carbocycles. The molecule has 1 heterocycles. The predicted molar refractivity (Wildman–Crippen MR) is 56.4 cm³/mol. The molecule has 0 aliphatic carbocycles. The number of aromatic nitrogens is 2. The first-order chi connectivity index (χ1) is 7.08. The van der Waals surface area contributed by atoms with Crippen molar-refractivity contribution in [1.82, 2.24) is 9.78 Å². The lowest BCUT2D eigenvalue weighted by atomic mass is 10.3. The molecule has 1 aromatic heterocycles. The zero-order valence-electron chi connectivity index (χ0n) is 9.15. The highest BCUT2D eigenvalue weighted by molar-refractivity contribution is 5.94. The number of methoxy groups -OCH3 is 1. The number of carbonyl (C=O) groups excluding carboxylic acids is 1. The first kappa shape index (κ1) is 11.7. The summed E-state index contributed by atoms with van der Waals surface area (Å²) in [4.78, 5) is 11.6. The second kappa shape index (κ2) is 4.90. The van der Waals surface area contributed by atoms with E-state index in [4.69, 9.17) is 10.5 Å². The van der Waals surface area contributed by atoms with Gasteiger partial charge < -0.3 is 15.8 Å². The van der Waals surface area contributed by atoms with Crippen LogP contribution in [0.15, 0.2) is 6.20 Å². The van der Waals surface area contributed by atoms with Crippen LogP contribution >= 0.6 is 0 Å². The van der Waals surface area contributed by atoms with E-state index >= 15 is 0 Å². The lowest BCUT2D eigenvalue weighted by Gasteiger charge is -2.12. The van der Waals surface area contributed by atoms with Gasteiger partial charge in [0.15, 0.2) is 0 Å². The molecule has 1 unspecified atom stereocenters. The Kier molecular flexibility index (Phi) is 3.81. The highest BCUT2D eigenvalue weighted by Crippen LogP contribution is 2.11. The second-order valence-corrected chi connectivity index (χ2v) is 3.25. The number of nitrogens with two attached hydrogens (primary N) is 1. The van der Waals surface area contributed by atoms with Crippen LogP contribution in [0.25, 0.3) is 0 Å². The Balaban J connectivity index is 2.69. The number of anilines is 1. The SMILES string of the molecule is COC(CN)C(=O)Nc1cn(C)nc1C. The van der Waals surface area contributed by atoms with Crippen LogP contribution in [0.1, 0.15) is 5.69 Å². The number of carbonyl (C=O) groups is 1. The van der Waals surface area contributed by atoms with Crippen molar-refractivity contribution in [3.8, 4) is 0 Å². The van der Waals surface area contributed by atoms with Gasteiger partial charge in [0.2, 0.25) is 0 Å². The number of nitrogens with one attached hydrogen (secondary N) is 1. The Hall–Kier alpha value is -1.40. The standard InChI is InChI=1S/C9H16N4O2/c1-6-7(5-13(2)12-6)11-9(14)8(4-10)15-3/h5,8H,4,10H2,1-3H3,(H,11,14). The number of aryl methyl sites for hydroxylation is 2. The van der Waals surface area contributed by atoms with Gasteiger partial charge in [0.05, 0.1) is 11.4 Å². The number of ether oxygens (including phenoxy) is 1. The topological polar surface area (TPSA) is 82.2 Å². The highest BCUT2D eigenvalue weighted by Gasteiger charge is 2.17. The molecule has 3 N–H and O–H groups in total. The van der Waals surface area contributed by atoms with Gasteiger partial charge >= 0.3 is 0 Å². The van der Waals surface area contributed by atoms with E-state index in [1.165, 1.54) is 7.11 Å². The fraction of sp³-hybridized carbons (Fsp3) is 0.556. The van der Waals surface area contributed by atoms with Gasteiger partial charge in [-0.2, -0.15) is 5.10 Å². The second-order valence-electron chi connectivity index (χ2n) is 3.25. The third-order valence-corrected chi connectivity index (χ3v) is 2.06. The summed E-state index contributed by atoms with van der Waals surface area (Å²) in [5, 5.41) is 6.81. The zero-order valence-corrected chi connectivity index (χ0v) is 9.15. The largest absolute Gasteiger partial charge is 0.370 e. The van der Waals surface area contributed by atoms with Crippen molar-refractivity contribution in [2.45, 2.75) is 13.0 Å². The van der Waals surface area contributed by atoms with Crippen molar-refractivity contribution in [2.75, 3.05) is 19.0 Å². The molecule has 1 atom stereocenters. The van der Waals surface area contributed by atoms with E-state index in [2.05, 4.69) is 10.4 Å². The summed E-state index contributed by atoms with van der Waals surface area (Å²) in [7, 11) is 3.24. The molecule has 1 amide bonds. The number of rotatable bonds is 4. The molecule has 0 fully saturated rings. The van der Waals surface area contributed by atoms with Gasteiger partial charge in [-0.15, -0.1) is 0 Å². The van der Waals surface area contributed by atoms with Crippen LogP contribution in [0.5, 0.6) is 0 Å². The fourth-order valence-electron chi connectivity index (χ4n) is 1.25. The Labute approximate surface area is 88.4 Å². The molecule has 1 rings (SSSR count). The molecule has 0 radical (unpaired) electrons. The lowest BCUT2D eigenvalue weighted by molar-refractivity contribution is -0.125. The van der Waals surface area contributed by atoms with Crippen LogP contribution in [0.3, 0.4) is 0 Å². The van der Waals surface area contributed by atoms with Gasteiger partial charge in [0.1, 0.15) is 6.10 Å². The summed E-state index contributed by atoms with van der Waals surface area (Å²) in [6.07, 6.45) is 1.11. The number of hydrogen-bond donors (Lipinski definition) is 2.